The Bertz CT molecular complexity index is 1800. The van der Waals surface area contributed by atoms with Gasteiger partial charge in [-0.05, 0) is 49.6 Å². The lowest BCUT2D eigenvalue weighted by atomic mass is 9.85. The number of imidazole rings is 2. The molecule has 0 bridgehead atoms. The van der Waals surface area contributed by atoms with Crippen molar-refractivity contribution < 1.29 is 28.9 Å². The molecule has 2 aromatic carbocycles. The largest absolute Gasteiger partial charge is 0.491 e. The fourth-order valence-electron chi connectivity index (χ4n) is 7.66. The summed E-state index contributed by atoms with van der Waals surface area (Å²) in [6, 6.07) is 12.3. The van der Waals surface area contributed by atoms with E-state index in [1.165, 1.54) is 6.42 Å². The second-order valence-corrected chi connectivity index (χ2v) is 12.7. The Morgan fingerprint density at radius 2 is 1.83 bits per heavy atom. The minimum atomic E-state index is -1.02. The summed E-state index contributed by atoms with van der Waals surface area (Å²) in [5.74, 6) is 1.56. The second-order valence-electron chi connectivity index (χ2n) is 12.7. The first-order valence-electron chi connectivity index (χ1n) is 16.6. The smallest absolute Gasteiger partial charge is 0.356 e. The van der Waals surface area contributed by atoms with Crippen molar-refractivity contribution in [2.24, 2.45) is 0 Å². The number of hydrogen-bond donors (Lipinski definition) is 1. The van der Waals surface area contributed by atoms with Crippen LogP contribution in [0, 0.1) is 0 Å². The van der Waals surface area contributed by atoms with Gasteiger partial charge in [0, 0.05) is 66.7 Å². The first-order valence-corrected chi connectivity index (χ1v) is 16.6. The van der Waals surface area contributed by atoms with E-state index in [2.05, 4.69) is 32.7 Å². The highest BCUT2D eigenvalue weighted by Crippen LogP contribution is 2.45. The van der Waals surface area contributed by atoms with E-state index in [0.717, 1.165) is 91.4 Å². The summed E-state index contributed by atoms with van der Waals surface area (Å²) < 4.78 is 22.5. The molecule has 46 heavy (non-hydrogen) atoms. The molecule has 240 valence electrons. The number of carbonyl (C=O) groups is 2. The Hall–Kier alpha value is -4.51. The van der Waals surface area contributed by atoms with Gasteiger partial charge in [-0.15, -0.1) is 0 Å². The topological polar surface area (TPSA) is 111 Å². The van der Waals surface area contributed by atoms with E-state index < -0.39 is 5.97 Å². The van der Waals surface area contributed by atoms with E-state index in [1.807, 2.05) is 27.5 Å². The molecule has 3 aliphatic heterocycles. The van der Waals surface area contributed by atoms with Crippen LogP contribution >= 0.6 is 0 Å². The molecule has 0 spiro atoms. The van der Waals surface area contributed by atoms with Crippen molar-refractivity contribution in [3.05, 3.63) is 59.5 Å². The number of aromatic carboxylic acids is 1. The van der Waals surface area contributed by atoms with Gasteiger partial charge >= 0.3 is 5.97 Å². The van der Waals surface area contributed by atoms with E-state index in [0.29, 0.717) is 56.8 Å². The molecule has 11 nitrogen and oxygen atoms in total. The molecular weight excluding hydrogens is 586 g/mol. The number of nitrogens with zero attached hydrogens (tertiary/aromatic N) is 5. The predicted molar refractivity (Wildman–Crippen MR) is 172 cm³/mol. The third-order valence-corrected chi connectivity index (χ3v) is 9.89. The third-order valence-electron chi connectivity index (χ3n) is 9.89. The zero-order valence-electron chi connectivity index (χ0n) is 25.9. The lowest BCUT2D eigenvalue weighted by Crippen LogP contribution is -2.37. The summed E-state index contributed by atoms with van der Waals surface area (Å²) >= 11 is 0. The second kappa shape index (κ2) is 12.0. The molecular formula is C35H39N5O6. The standard InChI is InChI=1S/C35H39N5O6/c41-31-7-4-12-38(31)25-8-11-29(37-13-16-44-17-14-37)24(19-25)22-46-26-9-10-27-30(20-26)45-18-15-39-33(27)32(23-5-2-1-3-6-23)40-21-28(34(42)43)36-35(39)40/h8-11,19-21,23H,1-7,12-18,22H2,(H,42,43). The molecule has 1 aliphatic carbocycles. The minimum absolute atomic E-state index is 0.0612. The number of fused-ring (bicyclic) bond motifs is 5. The number of benzene rings is 2. The summed E-state index contributed by atoms with van der Waals surface area (Å²) in [5, 5.41) is 9.71. The fourth-order valence-corrected chi connectivity index (χ4v) is 7.66. The number of rotatable bonds is 7. The molecule has 8 rings (SSSR count). The number of aromatic nitrogens is 3. The number of carboxylic acids is 1. The molecule has 0 unspecified atom stereocenters. The van der Waals surface area contributed by atoms with E-state index >= 15 is 0 Å². The van der Waals surface area contributed by atoms with Gasteiger partial charge in [-0.3, -0.25) is 9.20 Å². The summed E-state index contributed by atoms with van der Waals surface area (Å²) in [4.78, 5) is 33.1. The van der Waals surface area contributed by atoms with Gasteiger partial charge in [-0.1, -0.05) is 19.3 Å². The average molecular weight is 626 g/mol. The number of anilines is 2. The van der Waals surface area contributed by atoms with Gasteiger partial charge in [0.2, 0.25) is 11.7 Å². The van der Waals surface area contributed by atoms with Crippen molar-refractivity contribution in [2.45, 2.75) is 64.0 Å². The maximum absolute atomic E-state index is 12.5. The van der Waals surface area contributed by atoms with Gasteiger partial charge in [0.25, 0.3) is 0 Å². The Morgan fingerprint density at radius 3 is 2.61 bits per heavy atom. The quantitative estimate of drug-likeness (QED) is 0.287. The SMILES string of the molecule is O=C(O)c1cn2c(C3CCCCC3)c3n(c2n1)CCOc1cc(OCc2cc(N4CCCC4=O)ccc2N2CCOCC2)ccc1-3. The fraction of sp³-hybridized carbons (Fsp3) is 0.457. The molecule has 1 saturated carbocycles. The molecule has 0 radical (unpaired) electrons. The van der Waals surface area contributed by atoms with Crippen molar-refractivity contribution in [2.75, 3.05) is 49.3 Å². The van der Waals surface area contributed by atoms with Crippen LogP contribution in [0.2, 0.25) is 0 Å². The van der Waals surface area contributed by atoms with Crippen LogP contribution in [0.4, 0.5) is 11.4 Å². The van der Waals surface area contributed by atoms with Gasteiger partial charge in [0.05, 0.1) is 31.1 Å². The number of morpholine rings is 1. The van der Waals surface area contributed by atoms with E-state index in [4.69, 9.17) is 14.2 Å². The number of carbonyl (C=O) groups excluding carboxylic acids is 1. The van der Waals surface area contributed by atoms with Gasteiger partial charge in [0.15, 0.2) is 5.69 Å². The van der Waals surface area contributed by atoms with Crippen molar-refractivity contribution >= 4 is 29.0 Å². The molecule has 0 atom stereocenters. The first-order chi connectivity index (χ1) is 22.5. The minimum Gasteiger partial charge on any atom is -0.491 e. The van der Waals surface area contributed by atoms with E-state index in [-0.39, 0.29) is 11.6 Å². The van der Waals surface area contributed by atoms with Crippen LogP contribution in [-0.4, -0.2) is 70.4 Å². The first kappa shape index (κ1) is 28.9. The molecule has 4 aliphatic rings. The summed E-state index contributed by atoms with van der Waals surface area (Å²) in [7, 11) is 0. The van der Waals surface area contributed by atoms with Crippen LogP contribution in [0.25, 0.3) is 17.0 Å². The molecule has 4 aromatic rings. The van der Waals surface area contributed by atoms with Gasteiger partial charge < -0.3 is 33.7 Å². The molecule has 1 amide bonds. The van der Waals surface area contributed by atoms with Crippen LogP contribution in [0.1, 0.15) is 72.6 Å². The van der Waals surface area contributed by atoms with Crippen LogP contribution in [0.3, 0.4) is 0 Å². The average Bonchev–Trinajstić information content (AvgIpc) is 3.76. The highest BCUT2D eigenvalue weighted by Gasteiger charge is 2.32. The number of ether oxygens (including phenoxy) is 3. The molecule has 3 fully saturated rings. The molecule has 5 heterocycles. The molecule has 11 heteroatoms. The Morgan fingerprint density at radius 1 is 0.978 bits per heavy atom. The van der Waals surface area contributed by atoms with E-state index in [9.17, 15) is 14.7 Å². The van der Waals surface area contributed by atoms with Crippen LogP contribution in [0.5, 0.6) is 11.5 Å². The van der Waals surface area contributed by atoms with Crippen molar-refractivity contribution in [3.63, 3.8) is 0 Å². The summed E-state index contributed by atoms with van der Waals surface area (Å²) in [6.07, 6.45) is 8.82. The van der Waals surface area contributed by atoms with Crippen molar-refractivity contribution in [1.29, 1.82) is 0 Å². The van der Waals surface area contributed by atoms with Crippen LogP contribution in [-0.2, 0) is 22.7 Å². The Balaban J connectivity index is 1.13. The monoisotopic (exact) mass is 625 g/mol. The van der Waals surface area contributed by atoms with Gasteiger partial charge in [0.1, 0.15) is 24.7 Å². The Kier molecular flexibility index (Phi) is 7.56. The van der Waals surface area contributed by atoms with E-state index in [1.54, 1.807) is 6.20 Å². The molecule has 1 N–H and O–H groups in total. The number of carboxylic acid groups (broad SMARTS) is 1. The zero-order valence-corrected chi connectivity index (χ0v) is 25.9. The van der Waals surface area contributed by atoms with Gasteiger partial charge in [-0.25, -0.2) is 9.78 Å². The van der Waals surface area contributed by atoms with Crippen LogP contribution in [0.15, 0.2) is 42.6 Å². The Labute approximate surface area is 267 Å². The summed E-state index contributed by atoms with van der Waals surface area (Å²) in [6.45, 7) is 5.06. The maximum Gasteiger partial charge on any atom is 0.356 e. The van der Waals surface area contributed by atoms with Gasteiger partial charge in [-0.2, -0.15) is 0 Å². The molecule has 2 aromatic heterocycles. The van der Waals surface area contributed by atoms with Crippen LogP contribution < -0.4 is 19.3 Å². The highest BCUT2D eigenvalue weighted by molar-refractivity contribution is 5.95. The number of hydrogen-bond acceptors (Lipinski definition) is 7. The van der Waals surface area contributed by atoms with Crippen molar-refractivity contribution in [1.82, 2.24) is 14.0 Å². The summed E-state index contributed by atoms with van der Waals surface area (Å²) in [5.41, 5.74) is 6.25. The maximum atomic E-state index is 12.5. The highest BCUT2D eigenvalue weighted by atomic mass is 16.5. The molecule has 2 saturated heterocycles. The predicted octanol–water partition coefficient (Wildman–Crippen LogP) is 5.48. The normalized spacial score (nSPS) is 18.7. The van der Waals surface area contributed by atoms with Crippen molar-refractivity contribution in [3.8, 4) is 22.8 Å². The zero-order chi connectivity index (χ0) is 31.2. The number of amides is 1. The lowest BCUT2D eigenvalue weighted by Gasteiger charge is -2.31. The lowest BCUT2D eigenvalue weighted by molar-refractivity contribution is -0.117. The third kappa shape index (κ3) is 5.16.